The van der Waals surface area contributed by atoms with Gasteiger partial charge in [0.15, 0.2) is 5.65 Å². The number of hydrogen-bond donors (Lipinski definition) is 1. The second kappa shape index (κ2) is 4.68. The Balaban J connectivity index is 1.98. The Bertz CT molecular complexity index is 728. The Morgan fingerprint density at radius 2 is 2.05 bits per heavy atom. The van der Waals surface area contributed by atoms with Crippen molar-refractivity contribution in [2.24, 2.45) is 0 Å². The quantitative estimate of drug-likeness (QED) is 0.772. The van der Waals surface area contributed by atoms with E-state index in [-0.39, 0.29) is 6.04 Å². The van der Waals surface area contributed by atoms with Crippen molar-refractivity contribution in [2.75, 3.05) is 6.54 Å². The summed E-state index contributed by atoms with van der Waals surface area (Å²) in [7, 11) is 0. The molecule has 1 saturated heterocycles. The number of aromatic nitrogens is 4. The van der Waals surface area contributed by atoms with Crippen LogP contribution in [0.15, 0.2) is 42.7 Å². The SMILES string of the molecule is c1ccc(-n2c(C3CCCN3)nc3cccnc32)nc1. The molecule has 1 N–H and O–H groups in total. The molecule has 5 nitrogen and oxygen atoms in total. The van der Waals surface area contributed by atoms with E-state index in [0.29, 0.717) is 0 Å². The zero-order valence-corrected chi connectivity index (χ0v) is 11.0. The van der Waals surface area contributed by atoms with E-state index in [2.05, 4.69) is 19.9 Å². The largest absolute Gasteiger partial charge is 0.307 e. The second-order valence-corrected chi connectivity index (χ2v) is 4.99. The average molecular weight is 265 g/mol. The van der Waals surface area contributed by atoms with Gasteiger partial charge in [-0.05, 0) is 43.7 Å². The first-order valence-electron chi connectivity index (χ1n) is 6.91. The van der Waals surface area contributed by atoms with Crippen molar-refractivity contribution in [3.8, 4) is 5.82 Å². The molecule has 4 heterocycles. The van der Waals surface area contributed by atoms with E-state index in [9.17, 15) is 0 Å². The molecule has 0 bridgehead atoms. The van der Waals surface area contributed by atoms with Crippen LogP contribution in [0, 0.1) is 0 Å². The Morgan fingerprint density at radius 1 is 1.10 bits per heavy atom. The number of pyridine rings is 2. The molecular weight excluding hydrogens is 250 g/mol. The van der Waals surface area contributed by atoms with Gasteiger partial charge in [-0.1, -0.05) is 6.07 Å². The van der Waals surface area contributed by atoms with Crippen molar-refractivity contribution in [2.45, 2.75) is 18.9 Å². The molecule has 0 spiro atoms. The molecule has 0 amide bonds. The topological polar surface area (TPSA) is 55.6 Å². The van der Waals surface area contributed by atoms with E-state index in [1.807, 2.05) is 30.3 Å². The summed E-state index contributed by atoms with van der Waals surface area (Å²) < 4.78 is 2.07. The highest BCUT2D eigenvalue weighted by molar-refractivity contribution is 5.73. The first-order chi connectivity index (χ1) is 9.93. The highest BCUT2D eigenvalue weighted by Crippen LogP contribution is 2.27. The maximum absolute atomic E-state index is 4.77. The highest BCUT2D eigenvalue weighted by Gasteiger charge is 2.24. The van der Waals surface area contributed by atoms with Crippen molar-refractivity contribution in [1.82, 2.24) is 24.8 Å². The standard InChI is InChI=1S/C15H15N5/c1-2-8-17-13(7-1)20-14-12(6-4-10-18-14)19-15(20)11-5-3-9-16-11/h1-2,4,6-8,10-11,16H,3,5,9H2. The molecule has 1 aliphatic rings. The van der Waals surface area contributed by atoms with E-state index in [0.717, 1.165) is 35.8 Å². The Labute approximate surface area is 116 Å². The normalized spacial score (nSPS) is 18.7. The molecule has 3 aromatic rings. The molecule has 1 aliphatic heterocycles. The molecular formula is C15H15N5. The molecule has 4 rings (SSSR count). The molecule has 5 heteroatoms. The number of hydrogen-bond acceptors (Lipinski definition) is 4. The van der Waals surface area contributed by atoms with Gasteiger partial charge in [0.25, 0.3) is 0 Å². The van der Waals surface area contributed by atoms with Gasteiger partial charge in [-0.3, -0.25) is 4.57 Å². The lowest BCUT2D eigenvalue weighted by molar-refractivity contribution is 0.596. The van der Waals surface area contributed by atoms with E-state index in [1.54, 1.807) is 12.4 Å². The van der Waals surface area contributed by atoms with Gasteiger partial charge >= 0.3 is 0 Å². The number of nitrogens with one attached hydrogen (secondary N) is 1. The predicted octanol–water partition coefficient (Wildman–Crippen LogP) is 2.24. The summed E-state index contributed by atoms with van der Waals surface area (Å²) in [6.45, 7) is 1.05. The van der Waals surface area contributed by atoms with Crippen LogP contribution < -0.4 is 5.32 Å². The van der Waals surface area contributed by atoms with Crippen LogP contribution in [-0.4, -0.2) is 26.1 Å². The van der Waals surface area contributed by atoms with Crippen molar-refractivity contribution >= 4 is 11.2 Å². The van der Waals surface area contributed by atoms with Crippen molar-refractivity contribution < 1.29 is 0 Å². The van der Waals surface area contributed by atoms with Gasteiger partial charge in [-0.2, -0.15) is 0 Å². The average Bonchev–Trinajstić information content (AvgIpc) is 3.15. The molecule has 0 aliphatic carbocycles. The van der Waals surface area contributed by atoms with Crippen LogP contribution in [0.4, 0.5) is 0 Å². The summed E-state index contributed by atoms with van der Waals surface area (Å²) in [6, 6.07) is 10.1. The van der Waals surface area contributed by atoms with E-state index >= 15 is 0 Å². The first kappa shape index (κ1) is 11.5. The van der Waals surface area contributed by atoms with Gasteiger partial charge < -0.3 is 5.32 Å². The smallest absolute Gasteiger partial charge is 0.165 e. The van der Waals surface area contributed by atoms with Crippen LogP contribution in [0.3, 0.4) is 0 Å². The van der Waals surface area contributed by atoms with Crippen LogP contribution in [0.5, 0.6) is 0 Å². The predicted molar refractivity (Wildman–Crippen MR) is 76.6 cm³/mol. The first-order valence-corrected chi connectivity index (χ1v) is 6.91. The van der Waals surface area contributed by atoms with Gasteiger partial charge in [0.2, 0.25) is 0 Å². The maximum Gasteiger partial charge on any atom is 0.165 e. The van der Waals surface area contributed by atoms with E-state index in [4.69, 9.17) is 4.98 Å². The van der Waals surface area contributed by atoms with Crippen LogP contribution in [0.25, 0.3) is 17.0 Å². The molecule has 1 atom stereocenters. The van der Waals surface area contributed by atoms with Gasteiger partial charge in [0.05, 0.1) is 6.04 Å². The molecule has 20 heavy (non-hydrogen) atoms. The molecule has 1 unspecified atom stereocenters. The monoisotopic (exact) mass is 265 g/mol. The molecule has 3 aromatic heterocycles. The van der Waals surface area contributed by atoms with Gasteiger partial charge in [0, 0.05) is 12.4 Å². The number of nitrogens with zero attached hydrogens (tertiary/aromatic N) is 4. The lowest BCUT2D eigenvalue weighted by atomic mass is 10.2. The summed E-state index contributed by atoms with van der Waals surface area (Å²) in [5.41, 5.74) is 1.79. The summed E-state index contributed by atoms with van der Waals surface area (Å²) in [5, 5.41) is 3.51. The summed E-state index contributed by atoms with van der Waals surface area (Å²) >= 11 is 0. The zero-order valence-electron chi connectivity index (χ0n) is 11.0. The highest BCUT2D eigenvalue weighted by atomic mass is 15.2. The Morgan fingerprint density at radius 3 is 2.85 bits per heavy atom. The van der Waals surface area contributed by atoms with Crippen LogP contribution in [0.1, 0.15) is 24.7 Å². The third kappa shape index (κ3) is 1.78. The molecule has 0 radical (unpaired) electrons. The van der Waals surface area contributed by atoms with Gasteiger partial charge in [-0.25, -0.2) is 15.0 Å². The number of rotatable bonds is 2. The Hall–Kier alpha value is -2.27. The van der Waals surface area contributed by atoms with E-state index < -0.39 is 0 Å². The van der Waals surface area contributed by atoms with Gasteiger partial charge in [0.1, 0.15) is 17.2 Å². The van der Waals surface area contributed by atoms with Crippen molar-refractivity contribution in [1.29, 1.82) is 0 Å². The zero-order chi connectivity index (χ0) is 13.4. The lowest BCUT2D eigenvalue weighted by Gasteiger charge is -2.12. The summed E-state index contributed by atoms with van der Waals surface area (Å²) in [6.07, 6.45) is 5.89. The van der Waals surface area contributed by atoms with Crippen molar-refractivity contribution in [3.63, 3.8) is 0 Å². The number of imidazole rings is 1. The molecule has 1 fully saturated rings. The number of fused-ring (bicyclic) bond motifs is 1. The second-order valence-electron chi connectivity index (χ2n) is 4.99. The third-order valence-electron chi connectivity index (χ3n) is 3.69. The lowest BCUT2D eigenvalue weighted by Crippen LogP contribution is -2.18. The fourth-order valence-corrected chi connectivity index (χ4v) is 2.78. The molecule has 0 aromatic carbocycles. The fraction of sp³-hybridized carbons (Fsp3) is 0.267. The van der Waals surface area contributed by atoms with Crippen LogP contribution in [-0.2, 0) is 0 Å². The minimum Gasteiger partial charge on any atom is -0.307 e. The van der Waals surface area contributed by atoms with Crippen LogP contribution >= 0.6 is 0 Å². The van der Waals surface area contributed by atoms with Crippen LogP contribution in [0.2, 0.25) is 0 Å². The minimum absolute atomic E-state index is 0.284. The third-order valence-corrected chi connectivity index (χ3v) is 3.69. The maximum atomic E-state index is 4.77. The van der Waals surface area contributed by atoms with Gasteiger partial charge in [-0.15, -0.1) is 0 Å². The fourth-order valence-electron chi connectivity index (χ4n) is 2.78. The Kier molecular flexibility index (Phi) is 2.70. The molecule has 0 saturated carbocycles. The van der Waals surface area contributed by atoms with E-state index in [1.165, 1.54) is 6.42 Å². The minimum atomic E-state index is 0.284. The summed E-state index contributed by atoms with van der Waals surface area (Å²) in [4.78, 5) is 13.7. The van der Waals surface area contributed by atoms with Crippen molar-refractivity contribution in [3.05, 3.63) is 48.5 Å². The summed E-state index contributed by atoms with van der Waals surface area (Å²) in [5.74, 6) is 1.88. The molecule has 100 valence electrons.